The average molecular weight is 379 g/mol. The SMILES string of the molecule is CC(=O)CCC(=O)/C=C/C(Cc1ccccc1)NC(=O)OCc1ccccc1. The summed E-state index contributed by atoms with van der Waals surface area (Å²) in [5, 5.41) is 2.79. The molecule has 0 aliphatic rings. The molecule has 146 valence electrons. The van der Waals surface area contributed by atoms with Crippen LogP contribution in [0, 0.1) is 0 Å². The number of amides is 1. The highest BCUT2D eigenvalue weighted by atomic mass is 16.5. The van der Waals surface area contributed by atoms with E-state index in [0.29, 0.717) is 6.42 Å². The lowest BCUT2D eigenvalue weighted by Gasteiger charge is -2.15. The molecule has 28 heavy (non-hydrogen) atoms. The Morgan fingerprint density at radius 2 is 1.54 bits per heavy atom. The molecule has 0 spiro atoms. The number of ketones is 2. The zero-order chi connectivity index (χ0) is 20.2. The van der Waals surface area contributed by atoms with E-state index in [4.69, 9.17) is 4.74 Å². The van der Waals surface area contributed by atoms with Crippen molar-refractivity contribution in [1.29, 1.82) is 0 Å². The van der Waals surface area contributed by atoms with E-state index in [1.165, 1.54) is 13.0 Å². The van der Waals surface area contributed by atoms with E-state index in [2.05, 4.69) is 5.32 Å². The van der Waals surface area contributed by atoms with Gasteiger partial charge >= 0.3 is 6.09 Å². The molecule has 1 amide bonds. The van der Waals surface area contributed by atoms with Crippen molar-refractivity contribution in [1.82, 2.24) is 5.32 Å². The van der Waals surface area contributed by atoms with Crippen molar-refractivity contribution in [2.24, 2.45) is 0 Å². The Morgan fingerprint density at radius 1 is 0.929 bits per heavy atom. The minimum atomic E-state index is -0.550. The van der Waals surface area contributed by atoms with Gasteiger partial charge in [0.1, 0.15) is 12.4 Å². The summed E-state index contributed by atoms with van der Waals surface area (Å²) in [4.78, 5) is 35.1. The normalized spacial score (nSPS) is 11.8. The highest BCUT2D eigenvalue weighted by molar-refractivity contribution is 5.92. The first-order valence-corrected chi connectivity index (χ1v) is 9.24. The quantitative estimate of drug-likeness (QED) is 0.633. The van der Waals surface area contributed by atoms with E-state index < -0.39 is 12.1 Å². The van der Waals surface area contributed by atoms with Gasteiger partial charge in [-0.05, 0) is 30.5 Å². The van der Waals surface area contributed by atoms with Crippen LogP contribution in [0.3, 0.4) is 0 Å². The van der Waals surface area contributed by atoms with Gasteiger partial charge in [0.2, 0.25) is 0 Å². The van der Waals surface area contributed by atoms with E-state index in [-0.39, 0.29) is 31.0 Å². The molecule has 0 aliphatic carbocycles. The molecule has 5 heteroatoms. The number of nitrogens with one attached hydrogen (secondary N) is 1. The number of allylic oxidation sites excluding steroid dienone is 1. The van der Waals surface area contributed by atoms with Crippen molar-refractivity contribution < 1.29 is 19.1 Å². The van der Waals surface area contributed by atoms with Crippen LogP contribution in [0.4, 0.5) is 4.79 Å². The van der Waals surface area contributed by atoms with Crippen LogP contribution in [-0.2, 0) is 27.4 Å². The van der Waals surface area contributed by atoms with Crippen LogP contribution >= 0.6 is 0 Å². The third-order valence-corrected chi connectivity index (χ3v) is 4.05. The summed E-state index contributed by atoms with van der Waals surface area (Å²) in [6.07, 6.45) is 3.44. The molecule has 5 nitrogen and oxygen atoms in total. The number of Topliss-reactive ketones (excluding diaryl/α,β-unsaturated/α-hetero) is 1. The lowest BCUT2D eigenvalue weighted by atomic mass is 10.0. The summed E-state index contributed by atoms with van der Waals surface area (Å²) in [6, 6.07) is 18.7. The lowest BCUT2D eigenvalue weighted by Crippen LogP contribution is -2.35. The van der Waals surface area contributed by atoms with Gasteiger partial charge in [0, 0.05) is 12.8 Å². The van der Waals surface area contributed by atoms with Gasteiger partial charge in [0.25, 0.3) is 0 Å². The summed E-state index contributed by atoms with van der Waals surface area (Å²) in [7, 11) is 0. The van der Waals surface area contributed by atoms with Crippen molar-refractivity contribution >= 4 is 17.7 Å². The zero-order valence-corrected chi connectivity index (χ0v) is 16.0. The van der Waals surface area contributed by atoms with Crippen LogP contribution in [0.1, 0.15) is 30.9 Å². The first kappa shape index (κ1) is 21.1. The predicted molar refractivity (Wildman–Crippen MR) is 108 cm³/mol. The summed E-state index contributed by atoms with van der Waals surface area (Å²) in [5.74, 6) is -0.169. The third-order valence-electron chi connectivity index (χ3n) is 4.05. The first-order valence-electron chi connectivity index (χ1n) is 9.24. The number of carbonyl (C=O) groups is 3. The molecule has 0 bridgehead atoms. The fourth-order valence-corrected chi connectivity index (χ4v) is 2.56. The molecular weight excluding hydrogens is 354 g/mol. The minimum absolute atomic E-state index is 0.0230. The minimum Gasteiger partial charge on any atom is -0.445 e. The van der Waals surface area contributed by atoms with Gasteiger partial charge in [-0.25, -0.2) is 4.79 Å². The number of hydrogen-bond acceptors (Lipinski definition) is 4. The molecule has 0 radical (unpaired) electrons. The molecule has 2 rings (SSSR count). The average Bonchev–Trinajstić information content (AvgIpc) is 2.70. The van der Waals surface area contributed by atoms with Crippen LogP contribution in [-0.4, -0.2) is 23.7 Å². The van der Waals surface area contributed by atoms with E-state index in [1.54, 1.807) is 6.08 Å². The largest absolute Gasteiger partial charge is 0.445 e. The van der Waals surface area contributed by atoms with E-state index in [9.17, 15) is 14.4 Å². The molecule has 2 aromatic carbocycles. The van der Waals surface area contributed by atoms with Gasteiger partial charge < -0.3 is 14.8 Å². The van der Waals surface area contributed by atoms with Gasteiger partial charge in [0.05, 0.1) is 6.04 Å². The topological polar surface area (TPSA) is 72.5 Å². The van der Waals surface area contributed by atoms with Crippen molar-refractivity contribution in [2.75, 3.05) is 0 Å². The van der Waals surface area contributed by atoms with E-state index in [0.717, 1.165) is 11.1 Å². The summed E-state index contributed by atoms with van der Waals surface area (Å²) >= 11 is 0. The number of benzene rings is 2. The van der Waals surface area contributed by atoms with Crippen LogP contribution in [0.25, 0.3) is 0 Å². The second kappa shape index (κ2) is 11.5. The van der Waals surface area contributed by atoms with Gasteiger partial charge in [-0.3, -0.25) is 4.79 Å². The molecule has 0 saturated carbocycles. The summed E-state index contributed by atoms with van der Waals surface area (Å²) in [5.41, 5.74) is 1.92. The van der Waals surface area contributed by atoms with Gasteiger partial charge in [-0.15, -0.1) is 0 Å². The molecule has 0 saturated heterocycles. The van der Waals surface area contributed by atoms with Crippen LogP contribution in [0.15, 0.2) is 72.8 Å². The standard InChI is InChI=1S/C23H25NO4/c1-18(25)12-14-22(26)15-13-21(16-19-8-4-2-5-9-19)24-23(27)28-17-20-10-6-3-7-11-20/h2-11,13,15,21H,12,14,16-17H2,1H3,(H,24,27)/b15-13+. The summed E-state index contributed by atoms with van der Waals surface area (Å²) in [6.45, 7) is 1.63. The molecule has 0 aromatic heterocycles. The van der Waals surface area contributed by atoms with Crippen LogP contribution < -0.4 is 5.32 Å². The van der Waals surface area contributed by atoms with E-state index in [1.807, 2.05) is 60.7 Å². The van der Waals surface area contributed by atoms with Gasteiger partial charge in [0.15, 0.2) is 5.78 Å². The predicted octanol–water partition coefficient (Wildman–Crippen LogP) is 4.02. The maximum atomic E-state index is 12.2. The zero-order valence-electron chi connectivity index (χ0n) is 16.0. The van der Waals surface area contributed by atoms with Crippen LogP contribution in [0.5, 0.6) is 0 Å². The monoisotopic (exact) mass is 379 g/mol. The molecular formula is C23H25NO4. The second-order valence-electron chi connectivity index (χ2n) is 6.53. The number of ether oxygens (including phenoxy) is 1. The van der Waals surface area contributed by atoms with Crippen molar-refractivity contribution in [2.45, 2.75) is 38.8 Å². The second-order valence-corrected chi connectivity index (χ2v) is 6.53. The number of alkyl carbamates (subject to hydrolysis) is 1. The highest BCUT2D eigenvalue weighted by Crippen LogP contribution is 2.06. The Labute approximate surface area is 165 Å². The number of hydrogen-bond donors (Lipinski definition) is 1. The Bertz CT molecular complexity index is 800. The Balaban J connectivity index is 1.95. The molecule has 0 heterocycles. The highest BCUT2D eigenvalue weighted by Gasteiger charge is 2.12. The third kappa shape index (κ3) is 8.45. The Morgan fingerprint density at radius 3 is 2.14 bits per heavy atom. The van der Waals surface area contributed by atoms with Gasteiger partial charge in [-0.2, -0.15) is 0 Å². The lowest BCUT2D eigenvalue weighted by molar-refractivity contribution is -0.120. The van der Waals surface area contributed by atoms with Crippen LogP contribution in [0.2, 0.25) is 0 Å². The molecule has 1 unspecified atom stereocenters. The number of carbonyl (C=O) groups excluding carboxylic acids is 3. The summed E-state index contributed by atoms with van der Waals surface area (Å²) < 4.78 is 5.27. The molecule has 2 aromatic rings. The van der Waals surface area contributed by atoms with Gasteiger partial charge in [-0.1, -0.05) is 66.7 Å². The number of rotatable bonds is 10. The Kier molecular flexibility index (Phi) is 8.66. The van der Waals surface area contributed by atoms with Crippen molar-refractivity contribution in [3.63, 3.8) is 0 Å². The fraction of sp³-hybridized carbons (Fsp3) is 0.261. The molecule has 0 aliphatic heterocycles. The molecule has 1 N–H and O–H groups in total. The maximum Gasteiger partial charge on any atom is 0.407 e. The van der Waals surface area contributed by atoms with E-state index >= 15 is 0 Å². The molecule has 1 atom stereocenters. The van der Waals surface area contributed by atoms with Crippen molar-refractivity contribution in [3.05, 3.63) is 83.9 Å². The maximum absolute atomic E-state index is 12.2. The fourth-order valence-electron chi connectivity index (χ4n) is 2.56. The smallest absolute Gasteiger partial charge is 0.407 e. The molecule has 0 fully saturated rings. The Hall–Kier alpha value is -3.21. The van der Waals surface area contributed by atoms with Crippen molar-refractivity contribution in [3.8, 4) is 0 Å². The first-order chi connectivity index (χ1) is 13.5.